The lowest BCUT2D eigenvalue weighted by Crippen LogP contribution is -2.23. The number of carboxylic acid groups (broad SMARTS) is 1. The predicted octanol–water partition coefficient (Wildman–Crippen LogP) is 3.94. The third-order valence-electron chi connectivity index (χ3n) is 4.22. The van der Waals surface area contributed by atoms with Gasteiger partial charge in [0.2, 0.25) is 0 Å². The van der Waals surface area contributed by atoms with Crippen molar-refractivity contribution in [3.05, 3.63) is 33.4 Å². The summed E-state index contributed by atoms with van der Waals surface area (Å²) >= 11 is 4.34. The van der Waals surface area contributed by atoms with Crippen molar-refractivity contribution in [2.45, 2.75) is 32.1 Å². The number of rotatable bonds is 6. The van der Waals surface area contributed by atoms with Gasteiger partial charge in [-0.05, 0) is 40.9 Å². The summed E-state index contributed by atoms with van der Waals surface area (Å²) in [7, 11) is 0. The number of carbonyl (C=O) groups is 3. The first-order chi connectivity index (χ1) is 12.9. The highest BCUT2D eigenvalue weighted by Crippen LogP contribution is 2.31. The van der Waals surface area contributed by atoms with Gasteiger partial charge in [0, 0.05) is 12.1 Å². The van der Waals surface area contributed by atoms with E-state index in [1.165, 1.54) is 6.20 Å². The van der Waals surface area contributed by atoms with Crippen molar-refractivity contribution >= 4 is 56.0 Å². The van der Waals surface area contributed by atoms with Gasteiger partial charge in [0.15, 0.2) is 10.9 Å². The summed E-state index contributed by atoms with van der Waals surface area (Å²) < 4.78 is 0.537. The molecule has 10 heteroatoms. The fourth-order valence-corrected chi connectivity index (χ4v) is 4.38. The normalized spacial score (nSPS) is 14.1. The molecule has 3 rings (SSSR count). The van der Waals surface area contributed by atoms with Gasteiger partial charge in [-0.3, -0.25) is 20.2 Å². The Bertz CT molecular complexity index is 880. The molecule has 0 radical (unpaired) electrons. The molecule has 1 saturated carbocycles. The van der Waals surface area contributed by atoms with Gasteiger partial charge in [0.05, 0.1) is 21.5 Å². The van der Waals surface area contributed by atoms with Crippen LogP contribution in [-0.2, 0) is 11.2 Å². The summed E-state index contributed by atoms with van der Waals surface area (Å²) in [4.78, 5) is 44.0. The molecule has 8 nitrogen and oxygen atoms in total. The lowest BCUT2D eigenvalue weighted by Gasteiger charge is -2.12. The van der Waals surface area contributed by atoms with E-state index in [0.29, 0.717) is 15.0 Å². The van der Waals surface area contributed by atoms with Crippen molar-refractivity contribution in [2.24, 2.45) is 5.92 Å². The van der Waals surface area contributed by atoms with Crippen molar-refractivity contribution in [2.75, 3.05) is 10.6 Å². The van der Waals surface area contributed by atoms with Gasteiger partial charge in [-0.2, -0.15) is 0 Å². The number of thiazole rings is 1. The van der Waals surface area contributed by atoms with Crippen LogP contribution in [0.3, 0.4) is 0 Å². The van der Waals surface area contributed by atoms with Crippen LogP contribution in [0, 0.1) is 5.92 Å². The van der Waals surface area contributed by atoms with Gasteiger partial charge in [0.1, 0.15) is 5.82 Å². The summed E-state index contributed by atoms with van der Waals surface area (Å²) in [6.45, 7) is 0. The molecule has 0 aromatic carbocycles. The van der Waals surface area contributed by atoms with Crippen LogP contribution in [0.2, 0.25) is 0 Å². The number of hydrogen-bond donors (Lipinski definition) is 3. The van der Waals surface area contributed by atoms with E-state index in [4.69, 9.17) is 5.11 Å². The SMILES string of the molecule is O=C(O)Cc1nc(NC(=O)Nc2ncccc2C(=O)C2CCCC2)sc1Br. The van der Waals surface area contributed by atoms with E-state index in [1.807, 2.05) is 0 Å². The molecule has 2 heterocycles. The summed E-state index contributed by atoms with van der Waals surface area (Å²) in [6.07, 6.45) is 5.05. The topological polar surface area (TPSA) is 121 Å². The number of urea groups is 1. The van der Waals surface area contributed by atoms with Gasteiger partial charge < -0.3 is 5.11 Å². The van der Waals surface area contributed by atoms with Crippen LogP contribution in [0.1, 0.15) is 41.7 Å². The minimum atomic E-state index is -1.01. The standard InChI is InChI=1S/C17H17BrN4O4S/c18-14-11(8-12(23)24)20-17(27-14)22-16(26)21-15-10(6-3-7-19-15)13(25)9-4-1-2-5-9/h3,6-7,9H,1-2,4-5,8H2,(H,23,24)(H2,19,20,21,22,26). The number of nitrogens with one attached hydrogen (secondary N) is 2. The number of anilines is 2. The first-order valence-electron chi connectivity index (χ1n) is 8.38. The molecule has 0 unspecified atom stereocenters. The van der Waals surface area contributed by atoms with Gasteiger partial charge in [0.25, 0.3) is 0 Å². The third kappa shape index (κ3) is 4.89. The molecule has 27 heavy (non-hydrogen) atoms. The second kappa shape index (κ2) is 8.57. The molecule has 2 amide bonds. The number of pyridine rings is 1. The minimum Gasteiger partial charge on any atom is -0.481 e. The highest BCUT2D eigenvalue weighted by atomic mass is 79.9. The van der Waals surface area contributed by atoms with Crippen molar-refractivity contribution in [1.82, 2.24) is 9.97 Å². The zero-order chi connectivity index (χ0) is 19.4. The molecule has 1 fully saturated rings. The number of aromatic nitrogens is 2. The van der Waals surface area contributed by atoms with E-state index in [1.54, 1.807) is 12.1 Å². The number of carboxylic acids is 1. The number of carbonyl (C=O) groups excluding carboxylic acids is 2. The van der Waals surface area contributed by atoms with Crippen molar-refractivity contribution in [3.63, 3.8) is 0 Å². The smallest absolute Gasteiger partial charge is 0.326 e. The largest absolute Gasteiger partial charge is 0.481 e. The first-order valence-corrected chi connectivity index (χ1v) is 9.99. The number of nitrogens with zero attached hydrogens (tertiary/aromatic N) is 2. The van der Waals surface area contributed by atoms with Crippen LogP contribution in [0.5, 0.6) is 0 Å². The van der Waals surface area contributed by atoms with Gasteiger partial charge in [-0.1, -0.05) is 24.2 Å². The average Bonchev–Trinajstić information content (AvgIpc) is 3.25. The van der Waals surface area contributed by atoms with E-state index in [-0.39, 0.29) is 29.1 Å². The molecule has 3 N–H and O–H groups in total. The van der Waals surface area contributed by atoms with E-state index >= 15 is 0 Å². The van der Waals surface area contributed by atoms with Crippen LogP contribution >= 0.6 is 27.3 Å². The number of aliphatic carboxylic acids is 1. The lowest BCUT2D eigenvalue weighted by molar-refractivity contribution is -0.136. The zero-order valence-electron chi connectivity index (χ0n) is 14.2. The lowest BCUT2D eigenvalue weighted by atomic mass is 9.97. The Morgan fingerprint density at radius 1 is 1.26 bits per heavy atom. The van der Waals surface area contributed by atoms with Crippen LogP contribution in [-0.4, -0.2) is 32.9 Å². The highest BCUT2D eigenvalue weighted by molar-refractivity contribution is 9.11. The highest BCUT2D eigenvalue weighted by Gasteiger charge is 2.26. The van der Waals surface area contributed by atoms with Crippen LogP contribution in [0.15, 0.2) is 22.1 Å². The van der Waals surface area contributed by atoms with Crippen LogP contribution in [0.25, 0.3) is 0 Å². The molecular weight excluding hydrogens is 436 g/mol. The molecule has 0 saturated heterocycles. The third-order valence-corrected chi connectivity index (χ3v) is 5.96. The quantitative estimate of drug-likeness (QED) is 0.570. The number of Topliss-reactive ketones (excluding diaryl/α,β-unsaturated/α-hetero) is 1. The van der Waals surface area contributed by atoms with Crippen molar-refractivity contribution < 1.29 is 19.5 Å². The molecular formula is C17H17BrN4O4S. The molecule has 2 aromatic heterocycles. The number of ketones is 1. The van der Waals surface area contributed by atoms with E-state index in [2.05, 4.69) is 36.5 Å². The maximum atomic E-state index is 12.7. The Labute approximate surface area is 167 Å². The van der Waals surface area contributed by atoms with E-state index in [0.717, 1.165) is 37.0 Å². The Morgan fingerprint density at radius 2 is 2.00 bits per heavy atom. The molecule has 0 atom stereocenters. The maximum absolute atomic E-state index is 12.7. The Morgan fingerprint density at radius 3 is 2.70 bits per heavy atom. The Hall–Kier alpha value is -2.33. The van der Waals surface area contributed by atoms with Crippen molar-refractivity contribution in [1.29, 1.82) is 0 Å². The zero-order valence-corrected chi connectivity index (χ0v) is 16.6. The second-order valence-corrected chi connectivity index (χ2v) is 8.45. The number of hydrogen-bond acceptors (Lipinski definition) is 6. The minimum absolute atomic E-state index is 0.00311. The van der Waals surface area contributed by atoms with E-state index in [9.17, 15) is 14.4 Å². The average molecular weight is 453 g/mol. The van der Waals surface area contributed by atoms with Gasteiger partial charge >= 0.3 is 12.0 Å². The molecule has 1 aliphatic carbocycles. The Kier molecular flexibility index (Phi) is 6.17. The maximum Gasteiger partial charge on any atom is 0.326 e. The van der Waals surface area contributed by atoms with Crippen LogP contribution in [0.4, 0.5) is 15.7 Å². The van der Waals surface area contributed by atoms with E-state index < -0.39 is 12.0 Å². The number of amides is 2. The number of halogens is 1. The van der Waals surface area contributed by atoms with Gasteiger partial charge in [-0.25, -0.2) is 14.8 Å². The predicted molar refractivity (Wildman–Crippen MR) is 104 cm³/mol. The molecule has 0 aliphatic heterocycles. The summed E-state index contributed by atoms with van der Waals surface area (Å²) in [5.74, 6) is -0.836. The summed E-state index contributed by atoms with van der Waals surface area (Å²) in [5.41, 5.74) is 0.726. The molecule has 0 spiro atoms. The molecule has 0 bridgehead atoms. The summed E-state index contributed by atoms with van der Waals surface area (Å²) in [6, 6.07) is 2.73. The fourth-order valence-electron chi connectivity index (χ4n) is 2.99. The molecule has 142 valence electrons. The summed E-state index contributed by atoms with van der Waals surface area (Å²) in [5, 5.41) is 14.2. The van der Waals surface area contributed by atoms with Crippen LogP contribution < -0.4 is 10.6 Å². The Balaban J connectivity index is 1.69. The molecule has 1 aliphatic rings. The van der Waals surface area contributed by atoms with Gasteiger partial charge in [-0.15, -0.1) is 0 Å². The van der Waals surface area contributed by atoms with Crippen molar-refractivity contribution in [3.8, 4) is 0 Å². The fraction of sp³-hybridized carbons (Fsp3) is 0.353. The molecule has 2 aromatic rings. The second-order valence-electron chi connectivity index (χ2n) is 6.13. The first kappa shape index (κ1) is 19.4. The monoisotopic (exact) mass is 452 g/mol.